The maximum Gasteiger partial charge on any atom is 0.138 e. The number of anilines is 1. The fourth-order valence-electron chi connectivity index (χ4n) is 1.47. The molecule has 78 valence electrons. The molecule has 0 saturated carbocycles. The summed E-state index contributed by atoms with van der Waals surface area (Å²) in [5.74, 6) is 0. The molecule has 0 aliphatic carbocycles. The normalized spacial score (nSPS) is 10.5. The number of hydrogen-bond acceptors (Lipinski definition) is 3. The molecule has 0 fully saturated rings. The van der Waals surface area contributed by atoms with Gasteiger partial charge in [0.05, 0.1) is 6.20 Å². The summed E-state index contributed by atoms with van der Waals surface area (Å²) in [7, 11) is 1.64. The summed E-state index contributed by atoms with van der Waals surface area (Å²) in [5.41, 5.74) is 8.63. The second kappa shape index (κ2) is 4.14. The van der Waals surface area contributed by atoms with Crippen LogP contribution in [-0.4, -0.2) is 16.9 Å². The quantitative estimate of drug-likeness (QED) is 0.773. The molecule has 1 aromatic heterocycles. The van der Waals surface area contributed by atoms with Crippen LogP contribution in [0.4, 0.5) is 5.69 Å². The van der Waals surface area contributed by atoms with Gasteiger partial charge in [-0.15, -0.1) is 0 Å². The average Bonchev–Trinajstić information content (AvgIpc) is 2.68. The molecule has 0 unspecified atom stereocenters. The Labute approximate surface area is 88.3 Å². The summed E-state index contributed by atoms with van der Waals surface area (Å²) in [6.07, 6.45) is 3.69. The maximum absolute atomic E-state index is 5.87. The molecule has 0 aliphatic rings. The third kappa shape index (κ3) is 1.99. The van der Waals surface area contributed by atoms with Crippen LogP contribution in [0.5, 0.6) is 0 Å². The Kier molecular flexibility index (Phi) is 2.69. The SMILES string of the molecule is COCn1cc(-c2ccccc2N)cn1. The van der Waals surface area contributed by atoms with Gasteiger partial charge in [0.15, 0.2) is 0 Å². The van der Waals surface area contributed by atoms with Gasteiger partial charge in [0, 0.05) is 30.1 Å². The van der Waals surface area contributed by atoms with Crippen molar-refractivity contribution in [2.24, 2.45) is 0 Å². The fourth-order valence-corrected chi connectivity index (χ4v) is 1.47. The van der Waals surface area contributed by atoms with Crippen molar-refractivity contribution in [3.8, 4) is 11.1 Å². The second-order valence-electron chi connectivity index (χ2n) is 3.27. The first-order valence-electron chi connectivity index (χ1n) is 4.67. The second-order valence-corrected chi connectivity index (χ2v) is 3.27. The maximum atomic E-state index is 5.87. The van der Waals surface area contributed by atoms with Gasteiger partial charge in [-0.05, 0) is 6.07 Å². The number of para-hydroxylation sites is 1. The summed E-state index contributed by atoms with van der Waals surface area (Å²) >= 11 is 0. The minimum atomic E-state index is 0.451. The lowest BCUT2D eigenvalue weighted by Gasteiger charge is -2.01. The van der Waals surface area contributed by atoms with Crippen molar-refractivity contribution in [1.29, 1.82) is 0 Å². The first-order valence-corrected chi connectivity index (χ1v) is 4.67. The van der Waals surface area contributed by atoms with Crippen LogP contribution in [0.15, 0.2) is 36.7 Å². The molecule has 2 rings (SSSR count). The van der Waals surface area contributed by atoms with E-state index in [-0.39, 0.29) is 0 Å². The molecule has 2 aromatic rings. The molecule has 1 aromatic carbocycles. The highest BCUT2D eigenvalue weighted by Crippen LogP contribution is 2.24. The molecule has 1 heterocycles. The van der Waals surface area contributed by atoms with Gasteiger partial charge in [0.2, 0.25) is 0 Å². The first kappa shape index (κ1) is 9.73. The van der Waals surface area contributed by atoms with Crippen LogP contribution in [0, 0.1) is 0 Å². The first-order chi connectivity index (χ1) is 7.31. The van der Waals surface area contributed by atoms with Gasteiger partial charge in [0.1, 0.15) is 6.73 Å². The molecular weight excluding hydrogens is 190 g/mol. The summed E-state index contributed by atoms with van der Waals surface area (Å²) in [6, 6.07) is 7.73. The Hall–Kier alpha value is -1.81. The molecule has 0 bridgehead atoms. The third-order valence-electron chi connectivity index (χ3n) is 2.17. The van der Waals surface area contributed by atoms with Crippen molar-refractivity contribution < 1.29 is 4.74 Å². The van der Waals surface area contributed by atoms with Crippen molar-refractivity contribution >= 4 is 5.69 Å². The van der Waals surface area contributed by atoms with E-state index in [1.165, 1.54) is 0 Å². The van der Waals surface area contributed by atoms with Gasteiger partial charge in [-0.1, -0.05) is 18.2 Å². The zero-order valence-corrected chi connectivity index (χ0v) is 8.55. The predicted molar refractivity (Wildman–Crippen MR) is 59.1 cm³/mol. The summed E-state index contributed by atoms with van der Waals surface area (Å²) in [6.45, 7) is 0.451. The smallest absolute Gasteiger partial charge is 0.138 e. The number of ether oxygens (including phenoxy) is 1. The van der Waals surface area contributed by atoms with Crippen LogP contribution in [0.1, 0.15) is 0 Å². The number of methoxy groups -OCH3 is 1. The van der Waals surface area contributed by atoms with Crippen LogP contribution in [0.25, 0.3) is 11.1 Å². The number of hydrogen-bond donors (Lipinski definition) is 1. The number of nitrogens with two attached hydrogens (primary N) is 1. The van der Waals surface area contributed by atoms with Gasteiger partial charge < -0.3 is 10.5 Å². The Morgan fingerprint density at radius 2 is 2.20 bits per heavy atom. The van der Waals surface area contributed by atoms with E-state index in [1.807, 2.05) is 30.5 Å². The highest BCUT2D eigenvalue weighted by molar-refractivity contribution is 5.75. The highest BCUT2D eigenvalue weighted by atomic mass is 16.5. The summed E-state index contributed by atoms with van der Waals surface area (Å²) in [5, 5.41) is 4.16. The Balaban J connectivity index is 2.33. The van der Waals surface area contributed by atoms with E-state index in [0.717, 1.165) is 16.8 Å². The molecule has 15 heavy (non-hydrogen) atoms. The zero-order chi connectivity index (χ0) is 10.7. The number of nitrogens with zero attached hydrogens (tertiary/aromatic N) is 2. The molecule has 4 heteroatoms. The van der Waals surface area contributed by atoms with Crippen molar-refractivity contribution in [1.82, 2.24) is 9.78 Å². The van der Waals surface area contributed by atoms with Gasteiger partial charge in [0.25, 0.3) is 0 Å². The van der Waals surface area contributed by atoms with Crippen molar-refractivity contribution in [3.05, 3.63) is 36.7 Å². The Bertz CT molecular complexity index is 451. The monoisotopic (exact) mass is 203 g/mol. The van der Waals surface area contributed by atoms with Crippen LogP contribution >= 0.6 is 0 Å². The minimum absolute atomic E-state index is 0.451. The largest absolute Gasteiger partial charge is 0.398 e. The Morgan fingerprint density at radius 3 is 2.93 bits per heavy atom. The third-order valence-corrected chi connectivity index (χ3v) is 2.17. The number of aromatic nitrogens is 2. The highest BCUT2D eigenvalue weighted by Gasteiger charge is 2.03. The van der Waals surface area contributed by atoms with E-state index in [2.05, 4.69) is 5.10 Å². The lowest BCUT2D eigenvalue weighted by atomic mass is 10.1. The standard InChI is InChI=1S/C11H13N3O/c1-15-8-14-7-9(6-13-14)10-4-2-3-5-11(10)12/h2-7H,8,12H2,1H3. The molecule has 0 saturated heterocycles. The van der Waals surface area contributed by atoms with E-state index in [0.29, 0.717) is 6.73 Å². The van der Waals surface area contributed by atoms with Gasteiger partial charge in [-0.25, -0.2) is 4.68 Å². The van der Waals surface area contributed by atoms with E-state index >= 15 is 0 Å². The van der Waals surface area contributed by atoms with Crippen LogP contribution in [0.3, 0.4) is 0 Å². The van der Waals surface area contributed by atoms with Crippen LogP contribution < -0.4 is 5.73 Å². The van der Waals surface area contributed by atoms with Crippen LogP contribution in [0.2, 0.25) is 0 Å². The van der Waals surface area contributed by atoms with E-state index < -0.39 is 0 Å². The van der Waals surface area contributed by atoms with Gasteiger partial charge in [-0.2, -0.15) is 5.10 Å². The minimum Gasteiger partial charge on any atom is -0.398 e. The number of nitrogen functional groups attached to an aromatic ring is 1. The molecule has 0 atom stereocenters. The van der Waals surface area contributed by atoms with Crippen molar-refractivity contribution in [2.75, 3.05) is 12.8 Å². The fraction of sp³-hybridized carbons (Fsp3) is 0.182. The molecule has 0 radical (unpaired) electrons. The van der Waals surface area contributed by atoms with Gasteiger partial charge >= 0.3 is 0 Å². The lowest BCUT2D eigenvalue weighted by Crippen LogP contribution is -1.98. The molecule has 0 aliphatic heterocycles. The molecule has 4 nitrogen and oxygen atoms in total. The van der Waals surface area contributed by atoms with Crippen molar-refractivity contribution in [3.63, 3.8) is 0 Å². The van der Waals surface area contributed by atoms with E-state index in [4.69, 9.17) is 10.5 Å². The predicted octanol–water partition coefficient (Wildman–Crippen LogP) is 1.74. The molecule has 0 spiro atoms. The number of rotatable bonds is 3. The lowest BCUT2D eigenvalue weighted by molar-refractivity contribution is 0.120. The summed E-state index contributed by atoms with van der Waals surface area (Å²) < 4.78 is 6.70. The Morgan fingerprint density at radius 1 is 1.40 bits per heavy atom. The molecule has 0 amide bonds. The average molecular weight is 203 g/mol. The molecule has 2 N–H and O–H groups in total. The topological polar surface area (TPSA) is 53.1 Å². The molecular formula is C11H13N3O. The van der Waals surface area contributed by atoms with E-state index in [1.54, 1.807) is 18.0 Å². The van der Waals surface area contributed by atoms with Gasteiger partial charge in [-0.3, -0.25) is 0 Å². The summed E-state index contributed by atoms with van der Waals surface area (Å²) in [4.78, 5) is 0. The zero-order valence-electron chi connectivity index (χ0n) is 8.55. The van der Waals surface area contributed by atoms with Crippen molar-refractivity contribution in [2.45, 2.75) is 6.73 Å². The van der Waals surface area contributed by atoms with Crippen LogP contribution in [-0.2, 0) is 11.5 Å². The van der Waals surface area contributed by atoms with E-state index in [9.17, 15) is 0 Å². The number of benzene rings is 1.